The van der Waals surface area contributed by atoms with Crippen molar-refractivity contribution in [2.75, 3.05) is 26.0 Å². The summed E-state index contributed by atoms with van der Waals surface area (Å²) in [5.74, 6) is -1.83. The fourth-order valence-corrected chi connectivity index (χ4v) is 2.58. The van der Waals surface area contributed by atoms with Crippen LogP contribution in [-0.4, -0.2) is 55.7 Å². The Balaban J connectivity index is 0. The molecule has 9 heteroatoms. The molecule has 0 fully saturated rings. The quantitative estimate of drug-likeness (QED) is 0.125. The maximum absolute atomic E-state index is 11.6. The second-order valence-corrected chi connectivity index (χ2v) is 7.52. The number of carbonyl (C=O) groups excluding carboxylic acids is 2. The summed E-state index contributed by atoms with van der Waals surface area (Å²) in [6.45, 7) is 2.28. The van der Waals surface area contributed by atoms with E-state index in [0.29, 0.717) is 6.61 Å². The monoisotopic (exact) mass is 399 g/mol. The van der Waals surface area contributed by atoms with Gasteiger partial charge < -0.3 is 14.2 Å². The minimum atomic E-state index is -4.37. The molecule has 0 rings (SSSR count). The zero-order valence-electron chi connectivity index (χ0n) is 16.2. The van der Waals surface area contributed by atoms with Crippen LogP contribution in [0.1, 0.15) is 58.3 Å². The maximum Gasteiger partial charge on any atom is 1.00 e. The number of hydrogen-bond donors (Lipinski definition) is 0. The number of likely N-dealkylation sites (N-methyl/N-ethyl adjacent to an activating group) is 1. The van der Waals surface area contributed by atoms with E-state index in [-0.39, 0.29) is 36.1 Å². The third-order valence-corrected chi connectivity index (χ3v) is 4.34. The number of rotatable bonds is 14. The first-order valence-corrected chi connectivity index (χ1v) is 10.4. The third-order valence-electron chi connectivity index (χ3n) is 3.66. The molecule has 0 aromatic rings. The van der Waals surface area contributed by atoms with Gasteiger partial charge in [-0.05, 0) is 6.42 Å². The van der Waals surface area contributed by atoms with Crippen molar-refractivity contribution in [2.45, 2.75) is 58.3 Å². The Morgan fingerprint density at radius 2 is 1.54 bits per heavy atom. The van der Waals surface area contributed by atoms with Gasteiger partial charge in [0.15, 0.2) is 0 Å². The van der Waals surface area contributed by atoms with Crippen LogP contribution in [0.2, 0.25) is 0 Å². The van der Waals surface area contributed by atoms with E-state index in [1.54, 1.807) is 0 Å². The molecular formula is C17H30NNaO6S. The molecule has 0 aliphatic heterocycles. The minimum Gasteiger partial charge on any atom is -0.748 e. The van der Waals surface area contributed by atoms with Gasteiger partial charge >= 0.3 is 35.5 Å². The average molecular weight is 399 g/mol. The molecule has 0 radical (unpaired) electrons. The molecule has 0 spiro atoms. The Morgan fingerprint density at radius 3 is 2.08 bits per heavy atom. The number of esters is 1. The average Bonchev–Trinajstić information content (AvgIpc) is 2.55. The molecule has 0 aliphatic carbocycles. The molecule has 26 heavy (non-hydrogen) atoms. The van der Waals surface area contributed by atoms with E-state index in [1.165, 1.54) is 39.2 Å². The van der Waals surface area contributed by atoms with Crippen LogP contribution in [0, 0.1) is 0 Å². The molecule has 0 unspecified atom stereocenters. The van der Waals surface area contributed by atoms with Crippen molar-refractivity contribution in [2.24, 2.45) is 0 Å². The van der Waals surface area contributed by atoms with E-state index in [1.807, 2.05) is 0 Å². The first-order chi connectivity index (χ1) is 11.8. The van der Waals surface area contributed by atoms with Crippen molar-refractivity contribution in [3.05, 3.63) is 12.2 Å². The molecule has 0 aliphatic rings. The summed E-state index contributed by atoms with van der Waals surface area (Å²) in [6, 6.07) is 0. The normalized spacial score (nSPS) is 11.2. The number of ether oxygens (including phenoxy) is 1. The van der Waals surface area contributed by atoms with Crippen LogP contribution in [0.4, 0.5) is 0 Å². The van der Waals surface area contributed by atoms with Gasteiger partial charge in [-0.25, -0.2) is 13.2 Å². The van der Waals surface area contributed by atoms with Crippen molar-refractivity contribution in [1.82, 2.24) is 4.90 Å². The molecule has 0 N–H and O–H groups in total. The molecule has 1 amide bonds. The summed E-state index contributed by atoms with van der Waals surface area (Å²) < 4.78 is 36.5. The maximum atomic E-state index is 11.6. The van der Waals surface area contributed by atoms with Crippen LogP contribution >= 0.6 is 0 Å². The van der Waals surface area contributed by atoms with Gasteiger partial charge in [0.05, 0.1) is 22.5 Å². The predicted octanol–water partition coefficient (Wildman–Crippen LogP) is -0.766. The molecule has 0 saturated heterocycles. The largest absolute Gasteiger partial charge is 1.00 e. The number of hydrogen-bond acceptors (Lipinski definition) is 6. The molecule has 0 aromatic heterocycles. The Kier molecular flexibility index (Phi) is 17.9. The first-order valence-electron chi connectivity index (χ1n) is 8.79. The second kappa shape index (κ2) is 16.7. The Bertz CT molecular complexity index is 521. The smallest absolute Gasteiger partial charge is 0.748 e. The van der Waals surface area contributed by atoms with Crippen LogP contribution in [0.15, 0.2) is 12.2 Å². The molecule has 0 aromatic carbocycles. The third kappa shape index (κ3) is 18.4. The molecule has 7 nitrogen and oxygen atoms in total. The van der Waals surface area contributed by atoms with Gasteiger partial charge in [0.2, 0.25) is 5.91 Å². The number of nitrogens with zero attached hydrogens (tertiary/aromatic N) is 1. The number of unbranched alkanes of at least 4 members (excludes halogenated alkanes) is 7. The summed E-state index contributed by atoms with van der Waals surface area (Å²) in [5, 5.41) is 0. The van der Waals surface area contributed by atoms with Gasteiger partial charge in [0.1, 0.15) is 0 Å². The molecule has 0 saturated carbocycles. The van der Waals surface area contributed by atoms with Gasteiger partial charge in [-0.2, -0.15) is 0 Å². The van der Waals surface area contributed by atoms with Crippen LogP contribution in [0.5, 0.6) is 0 Å². The van der Waals surface area contributed by atoms with E-state index < -0.39 is 27.7 Å². The standard InChI is InChI=1S/C17H31NO6S.Na/c1-3-4-5-6-7-8-9-10-14-24-17(20)12-11-16(19)18(2)13-15-25(21,22)23;/h11-12H,3-10,13-15H2,1-2H3,(H,21,22,23);/q;+1/p-1/b12-11+;. The van der Waals surface area contributed by atoms with E-state index >= 15 is 0 Å². The van der Waals surface area contributed by atoms with E-state index in [0.717, 1.165) is 36.3 Å². The number of carbonyl (C=O) groups is 2. The van der Waals surface area contributed by atoms with Gasteiger partial charge in [0.25, 0.3) is 0 Å². The van der Waals surface area contributed by atoms with Crippen molar-refractivity contribution in [1.29, 1.82) is 0 Å². The van der Waals surface area contributed by atoms with Gasteiger partial charge in [-0.1, -0.05) is 51.9 Å². The first kappa shape index (κ1) is 27.8. The Labute approximate surface area is 179 Å². The van der Waals surface area contributed by atoms with Crippen LogP contribution in [0.3, 0.4) is 0 Å². The second-order valence-electron chi connectivity index (χ2n) is 6.00. The summed E-state index contributed by atoms with van der Waals surface area (Å²) in [6.07, 6.45) is 11.2. The number of amides is 1. The SMILES string of the molecule is CCCCCCCCCCOC(=O)/C=C/C(=O)N(C)CCS(=O)(=O)[O-].[Na+]. The molecule has 0 bridgehead atoms. The van der Waals surface area contributed by atoms with Crippen molar-refractivity contribution >= 4 is 22.0 Å². The summed E-state index contributed by atoms with van der Waals surface area (Å²) in [4.78, 5) is 24.1. The predicted molar refractivity (Wildman–Crippen MR) is 94.9 cm³/mol. The van der Waals surface area contributed by atoms with Crippen LogP contribution in [0.25, 0.3) is 0 Å². The van der Waals surface area contributed by atoms with Crippen LogP contribution in [-0.2, 0) is 24.4 Å². The van der Waals surface area contributed by atoms with E-state index in [9.17, 15) is 22.6 Å². The van der Waals surface area contributed by atoms with Crippen LogP contribution < -0.4 is 29.6 Å². The molecule has 0 heterocycles. The van der Waals surface area contributed by atoms with E-state index in [2.05, 4.69) is 6.92 Å². The molecular weight excluding hydrogens is 369 g/mol. The van der Waals surface area contributed by atoms with Crippen molar-refractivity contribution in [3.8, 4) is 0 Å². The minimum absolute atomic E-state index is 0. The summed E-state index contributed by atoms with van der Waals surface area (Å²) in [5.41, 5.74) is 0. The summed E-state index contributed by atoms with van der Waals surface area (Å²) >= 11 is 0. The zero-order chi connectivity index (χ0) is 19.1. The Morgan fingerprint density at radius 1 is 1.00 bits per heavy atom. The topological polar surface area (TPSA) is 104 Å². The fraction of sp³-hybridized carbons (Fsp3) is 0.765. The molecule has 0 atom stereocenters. The molecule has 146 valence electrons. The van der Waals surface area contributed by atoms with Gasteiger partial charge in [0, 0.05) is 25.7 Å². The van der Waals surface area contributed by atoms with Gasteiger partial charge in [-0.15, -0.1) is 0 Å². The van der Waals surface area contributed by atoms with Crippen molar-refractivity contribution in [3.63, 3.8) is 0 Å². The zero-order valence-corrected chi connectivity index (χ0v) is 19.1. The summed E-state index contributed by atoms with van der Waals surface area (Å²) in [7, 11) is -3.02. The van der Waals surface area contributed by atoms with Gasteiger partial charge in [-0.3, -0.25) is 4.79 Å². The Hall–Kier alpha value is -0.410. The van der Waals surface area contributed by atoms with Crippen molar-refractivity contribution < 1.29 is 56.9 Å². The van der Waals surface area contributed by atoms with E-state index in [4.69, 9.17) is 4.74 Å². The fourth-order valence-electron chi connectivity index (χ4n) is 2.08.